The first-order chi connectivity index (χ1) is 8.51. The third-order valence-electron chi connectivity index (χ3n) is 3.69. The molecule has 3 atom stereocenters. The Labute approximate surface area is 108 Å². The van der Waals surface area contributed by atoms with Gasteiger partial charge < -0.3 is 14.7 Å². The molecule has 0 spiro atoms. The minimum atomic E-state index is -0.779. The molecule has 1 saturated carbocycles. The minimum Gasteiger partial charge on any atom is -0.481 e. The van der Waals surface area contributed by atoms with E-state index in [0.29, 0.717) is 32.4 Å². The normalized spacial score (nSPS) is 24.8. The molecule has 1 rings (SSSR count). The van der Waals surface area contributed by atoms with Gasteiger partial charge in [0.1, 0.15) is 0 Å². The molecule has 0 aromatic carbocycles. The van der Waals surface area contributed by atoms with Crippen LogP contribution < -0.4 is 0 Å². The van der Waals surface area contributed by atoms with Crippen LogP contribution in [0.4, 0.5) is 0 Å². The number of hydrogen-bond donors (Lipinski definition) is 1. The third-order valence-corrected chi connectivity index (χ3v) is 3.69. The fraction of sp³-hybridized carbons (Fsp3) is 0.846. The van der Waals surface area contributed by atoms with Crippen molar-refractivity contribution in [3.63, 3.8) is 0 Å². The van der Waals surface area contributed by atoms with E-state index in [1.54, 1.807) is 12.0 Å². The van der Waals surface area contributed by atoms with Crippen molar-refractivity contribution in [2.24, 2.45) is 11.8 Å². The Morgan fingerprint density at radius 3 is 2.44 bits per heavy atom. The van der Waals surface area contributed by atoms with Crippen LogP contribution in [0.3, 0.4) is 0 Å². The smallest absolute Gasteiger partial charge is 0.306 e. The van der Waals surface area contributed by atoms with Crippen LogP contribution in [0.2, 0.25) is 0 Å². The quantitative estimate of drug-likeness (QED) is 0.780. The lowest BCUT2D eigenvalue weighted by Gasteiger charge is -2.30. The standard InChI is InChI=1S/C13H23NO4/c1-4-14(9(2)8-18-3)12(15)10-5-6-11(7-10)13(16)17/h9-11H,4-8H2,1-3H3,(H,16,17). The molecular formula is C13H23NO4. The minimum absolute atomic E-state index is 0.0383. The zero-order valence-corrected chi connectivity index (χ0v) is 11.4. The zero-order valence-electron chi connectivity index (χ0n) is 11.4. The Hall–Kier alpha value is -1.10. The average Bonchev–Trinajstić information content (AvgIpc) is 2.79. The highest BCUT2D eigenvalue weighted by Crippen LogP contribution is 2.32. The maximum atomic E-state index is 12.3. The molecule has 1 N–H and O–H groups in total. The van der Waals surface area contributed by atoms with Gasteiger partial charge in [0.25, 0.3) is 0 Å². The monoisotopic (exact) mass is 257 g/mol. The molecule has 18 heavy (non-hydrogen) atoms. The molecule has 5 heteroatoms. The van der Waals surface area contributed by atoms with Gasteiger partial charge in [-0.3, -0.25) is 9.59 Å². The number of ether oxygens (including phenoxy) is 1. The summed E-state index contributed by atoms with van der Waals surface area (Å²) in [4.78, 5) is 25.0. The van der Waals surface area contributed by atoms with E-state index >= 15 is 0 Å². The van der Waals surface area contributed by atoms with Crippen LogP contribution in [0, 0.1) is 11.8 Å². The Morgan fingerprint density at radius 2 is 2.00 bits per heavy atom. The average molecular weight is 257 g/mol. The van der Waals surface area contributed by atoms with Gasteiger partial charge in [0, 0.05) is 19.6 Å². The van der Waals surface area contributed by atoms with Crippen molar-refractivity contribution in [1.29, 1.82) is 0 Å². The van der Waals surface area contributed by atoms with Crippen molar-refractivity contribution in [2.75, 3.05) is 20.3 Å². The molecule has 0 bridgehead atoms. The summed E-state index contributed by atoms with van der Waals surface area (Å²) >= 11 is 0. The first-order valence-corrected chi connectivity index (χ1v) is 6.53. The van der Waals surface area contributed by atoms with Gasteiger partial charge >= 0.3 is 5.97 Å². The molecule has 0 aromatic heterocycles. The van der Waals surface area contributed by atoms with E-state index in [9.17, 15) is 9.59 Å². The second-order valence-corrected chi connectivity index (χ2v) is 4.97. The van der Waals surface area contributed by atoms with Crippen LogP contribution in [-0.4, -0.2) is 48.2 Å². The predicted octanol–water partition coefficient (Wildman–Crippen LogP) is 1.37. The van der Waals surface area contributed by atoms with E-state index in [1.165, 1.54) is 0 Å². The molecule has 1 aliphatic rings. The number of amides is 1. The van der Waals surface area contributed by atoms with E-state index in [-0.39, 0.29) is 23.8 Å². The molecule has 0 aromatic rings. The van der Waals surface area contributed by atoms with Gasteiger partial charge in [0.05, 0.1) is 18.6 Å². The first-order valence-electron chi connectivity index (χ1n) is 6.53. The second kappa shape index (κ2) is 6.73. The number of methoxy groups -OCH3 is 1. The highest BCUT2D eigenvalue weighted by Gasteiger charge is 2.36. The fourth-order valence-corrected chi connectivity index (χ4v) is 2.68. The van der Waals surface area contributed by atoms with Crippen LogP contribution in [0.1, 0.15) is 33.1 Å². The molecule has 5 nitrogen and oxygen atoms in total. The van der Waals surface area contributed by atoms with E-state index in [1.807, 2.05) is 13.8 Å². The zero-order chi connectivity index (χ0) is 13.7. The van der Waals surface area contributed by atoms with Gasteiger partial charge in [-0.2, -0.15) is 0 Å². The van der Waals surface area contributed by atoms with Gasteiger partial charge in [-0.15, -0.1) is 0 Å². The number of hydrogen-bond acceptors (Lipinski definition) is 3. The molecule has 3 unspecified atom stereocenters. The molecule has 0 heterocycles. The number of carboxylic acids is 1. The van der Waals surface area contributed by atoms with Crippen molar-refractivity contribution >= 4 is 11.9 Å². The maximum Gasteiger partial charge on any atom is 0.306 e. The number of carbonyl (C=O) groups is 2. The predicted molar refractivity (Wildman–Crippen MR) is 67.2 cm³/mol. The van der Waals surface area contributed by atoms with Crippen molar-refractivity contribution in [1.82, 2.24) is 4.90 Å². The molecule has 0 saturated heterocycles. The summed E-state index contributed by atoms with van der Waals surface area (Å²) in [5.41, 5.74) is 0. The van der Waals surface area contributed by atoms with Gasteiger partial charge in [-0.05, 0) is 33.1 Å². The Morgan fingerprint density at radius 1 is 1.39 bits per heavy atom. The van der Waals surface area contributed by atoms with Crippen LogP contribution in [0.15, 0.2) is 0 Å². The molecule has 1 amide bonds. The van der Waals surface area contributed by atoms with Crippen LogP contribution in [-0.2, 0) is 14.3 Å². The number of rotatable bonds is 6. The van der Waals surface area contributed by atoms with Gasteiger partial charge in [-0.25, -0.2) is 0 Å². The molecular weight excluding hydrogens is 234 g/mol. The van der Waals surface area contributed by atoms with Crippen molar-refractivity contribution < 1.29 is 19.4 Å². The number of carbonyl (C=O) groups excluding carboxylic acids is 1. The number of carboxylic acid groups (broad SMARTS) is 1. The summed E-state index contributed by atoms with van der Waals surface area (Å²) in [6.45, 7) is 5.04. The first kappa shape index (κ1) is 15.0. The summed E-state index contributed by atoms with van der Waals surface area (Å²) in [5, 5.41) is 8.96. The SMILES string of the molecule is CCN(C(=O)C1CCC(C(=O)O)C1)C(C)COC. The number of aliphatic carboxylic acids is 1. The highest BCUT2D eigenvalue weighted by atomic mass is 16.5. The topological polar surface area (TPSA) is 66.8 Å². The van der Waals surface area contributed by atoms with Gasteiger partial charge in [-0.1, -0.05) is 0 Å². The Kier molecular flexibility index (Phi) is 5.59. The lowest BCUT2D eigenvalue weighted by Crippen LogP contribution is -2.43. The molecule has 0 aliphatic heterocycles. The Balaban J connectivity index is 2.60. The fourth-order valence-electron chi connectivity index (χ4n) is 2.68. The summed E-state index contributed by atoms with van der Waals surface area (Å²) < 4.78 is 5.07. The highest BCUT2D eigenvalue weighted by molar-refractivity contribution is 5.81. The molecule has 1 fully saturated rings. The van der Waals surface area contributed by atoms with E-state index in [4.69, 9.17) is 9.84 Å². The van der Waals surface area contributed by atoms with E-state index in [2.05, 4.69) is 0 Å². The molecule has 0 radical (unpaired) electrons. The third kappa shape index (κ3) is 3.45. The summed E-state index contributed by atoms with van der Waals surface area (Å²) in [5.74, 6) is -1.19. The largest absolute Gasteiger partial charge is 0.481 e. The summed E-state index contributed by atoms with van der Waals surface area (Å²) in [7, 11) is 1.62. The molecule has 1 aliphatic carbocycles. The van der Waals surface area contributed by atoms with Crippen molar-refractivity contribution in [3.05, 3.63) is 0 Å². The van der Waals surface area contributed by atoms with Gasteiger partial charge in [0.2, 0.25) is 5.91 Å². The maximum absolute atomic E-state index is 12.3. The van der Waals surface area contributed by atoms with Crippen molar-refractivity contribution in [3.8, 4) is 0 Å². The lowest BCUT2D eigenvalue weighted by molar-refractivity contribution is -0.142. The van der Waals surface area contributed by atoms with E-state index < -0.39 is 5.97 Å². The van der Waals surface area contributed by atoms with Crippen LogP contribution in [0.25, 0.3) is 0 Å². The summed E-state index contributed by atoms with van der Waals surface area (Å²) in [6.07, 6.45) is 1.78. The van der Waals surface area contributed by atoms with Gasteiger partial charge in [0.15, 0.2) is 0 Å². The lowest BCUT2D eigenvalue weighted by atomic mass is 10.0. The number of nitrogens with zero attached hydrogens (tertiary/aromatic N) is 1. The number of likely N-dealkylation sites (N-methyl/N-ethyl adjacent to an activating group) is 1. The van der Waals surface area contributed by atoms with Crippen molar-refractivity contribution in [2.45, 2.75) is 39.2 Å². The van der Waals surface area contributed by atoms with E-state index in [0.717, 1.165) is 0 Å². The summed E-state index contributed by atoms with van der Waals surface area (Å²) in [6, 6.07) is 0.0383. The van der Waals surface area contributed by atoms with Crippen LogP contribution in [0.5, 0.6) is 0 Å². The Bertz CT molecular complexity index is 305. The van der Waals surface area contributed by atoms with Crippen LogP contribution >= 0.6 is 0 Å². The molecule has 104 valence electrons. The second-order valence-electron chi connectivity index (χ2n) is 4.97.